The lowest BCUT2D eigenvalue weighted by atomic mass is 10.2. The minimum Gasteiger partial charge on any atom is -0.354 e. The molecule has 1 aliphatic heterocycles. The van der Waals surface area contributed by atoms with Crippen molar-refractivity contribution < 1.29 is 0 Å². The predicted octanol–water partition coefficient (Wildman–Crippen LogP) is 1.50. The molecule has 3 heterocycles. The van der Waals surface area contributed by atoms with Crippen LogP contribution < -0.4 is 4.90 Å². The van der Waals surface area contributed by atoms with E-state index >= 15 is 0 Å². The zero-order valence-electron chi connectivity index (χ0n) is 11.7. The molecule has 2 aromatic rings. The van der Waals surface area contributed by atoms with Gasteiger partial charge in [0.15, 0.2) is 0 Å². The highest BCUT2D eigenvalue weighted by atomic mass is 15.3. The number of hydrogen-bond donors (Lipinski definition) is 0. The summed E-state index contributed by atoms with van der Waals surface area (Å²) in [6, 6.07) is 6.12. The Kier molecular flexibility index (Phi) is 3.87. The first-order chi connectivity index (χ1) is 9.81. The number of aryl methyl sites for hydroxylation is 1. The lowest BCUT2D eigenvalue weighted by Crippen LogP contribution is -2.46. The van der Waals surface area contributed by atoms with Gasteiger partial charge >= 0.3 is 0 Å². The molecule has 1 fully saturated rings. The summed E-state index contributed by atoms with van der Waals surface area (Å²) in [4.78, 5) is 17.6. The van der Waals surface area contributed by atoms with Crippen LogP contribution in [-0.4, -0.2) is 46.0 Å². The van der Waals surface area contributed by atoms with E-state index in [2.05, 4.69) is 30.8 Å². The van der Waals surface area contributed by atoms with Crippen molar-refractivity contribution in [2.24, 2.45) is 0 Å². The highest BCUT2D eigenvalue weighted by Crippen LogP contribution is 2.14. The Morgan fingerprint density at radius 1 is 1.10 bits per heavy atom. The zero-order valence-corrected chi connectivity index (χ0v) is 11.7. The van der Waals surface area contributed by atoms with Gasteiger partial charge in [-0.25, -0.2) is 9.97 Å². The lowest BCUT2D eigenvalue weighted by Gasteiger charge is -2.35. The molecule has 0 unspecified atom stereocenters. The number of pyridine rings is 1. The van der Waals surface area contributed by atoms with Crippen LogP contribution in [0, 0.1) is 6.92 Å². The highest BCUT2D eigenvalue weighted by molar-refractivity contribution is 5.37. The average Bonchev–Trinajstić information content (AvgIpc) is 2.49. The van der Waals surface area contributed by atoms with Gasteiger partial charge < -0.3 is 4.90 Å². The Morgan fingerprint density at radius 3 is 2.65 bits per heavy atom. The first kappa shape index (κ1) is 13.0. The van der Waals surface area contributed by atoms with Crippen LogP contribution in [0.2, 0.25) is 0 Å². The van der Waals surface area contributed by atoms with E-state index < -0.39 is 0 Å². The third kappa shape index (κ3) is 3.11. The molecule has 0 N–H and O–H groups in total. The Morgan fingerprint density at radius 2 is 1.95 bits per heavy atom. The average molecular weight is 269 g/mol. The largest absolute Gasteiger partial charge is 0.354 e. The molecule has 1 aliphatic rings. The highest BCUT2D eigenvalue weighted by Gasteiger charge is 2.18. The van der Waals surface area contributed by atoms with Crippen LogP contribution in [0.3, 0.4) is 0 Å². The van der Waals surface area contributed by atoms with Gasteiger partial charge in [0.05, 0.1) is 0 Å². The van der Waals surface area contributed by atoms with Crippen molar-refractivity contribution in [3.05, 3.63) is 48.2 Å². The Labute approximate surface area is 119 Å². The van der Waals surface area contributed by atoms with Crippen LogP contribution in [0.1, 0.15) is 11.4 Å². The lowest BCUT2D eigenvalue weighted by molar-refractivity contribution is 0.249. The van der Waals surface area contributed by atoms with E-state index in [9.17, 15) is 0 Å². The number of aromatic nitrogens is 3. The third-order valence-corrected chi connectivity index (χ3v) is 3.59. The van der Waals surface area contributed by atoms with Gasteiger partial charge in [0.1, 0.15) is 11.6 Å². The van der Waals surface area contributed by atoms with Crippen molar-refractivity contribution in [1.29, 1.82) is 0 Å². The van der Waals surface area contributed by atoms with Crippen LogP contribution in [-0.2, 0) is 6.54 Å². The second kappa shape index (κ2) is 5.96. The number of hydrogen-bond acceptors (Lipinski definition) is 5. The summed E-state index contributed by atoms with van der Waals surface area (Å²) in [5, 5.41) is 0. The van der Waals surface area contributed by atoms with Gasteiger partial charge in [-0.3, -0.25) is 9.88 Å². The van der Waals surface area contributed by atoms with Gasteiger partial charge in [0.2, 0.25) is 0 Å². The zero-order chi connectivity index (χ0) is 13.8. The first-order valence-electron chi connectivity index (χ1n) is 6.97. The molecule has 0 atom stereocenters. The van der Waals surface area contributed by atoms with Crippen molar-refractivity contribution >= 4 is 5.82 Å². The fourth-order valence-electron chi connectivity index (χ4n) is 2.50. The van der Waals surface area contributed by atoms with Crippen molar-refractivity contribution in [3.63, 3.8) is 0 Å². The fourth-order valence-corrected chi connectivity index (χ4v) is 2.50. The molecule has 2 aromatic heterocycles. The molecule has 0 aliphatic carbocycles. The van der Waals surface area contributed by atoms with Gasteiger partial charge in [0.25, 0.3) is 0 Å². The second-order valence-corrected chi connectivity index (χ2v) is 5.09. The van der Waals surface area contributed by atoms with Crippen molar-refractivity contribution in [2.75, 3.05) is 31.1 Å². The van der Waals surface area contributed by atoms with Crippen LogP contribution in [0.4, 0.5) is 5.82 Å². The first-order valence-corrected chi connectivity index (χ1v) is 6.97. The molecule has 0 saturated carbocycles. The van der Waals surface area contributed by atoms with Crippen LogP contribution in [0.15, 0.2) is 36.8 Å². The maximum Gasteiger partial charge on any atom is 0.132 e. The van der Waals surface area contributed by atoms with E-state index in [-0.39, 0.29) is 0 Å². The summed E-state index contributed by atoms with van der Waals surface area (Å²) in [7, 11) is 0. The molecule has 5 nitrogen and oxygen atoms in total. The normalized spacial score (nSPS) is 16.4. The third-order valence-electron chi connectivity index (χ3n) is 3.59. The monoisotopic (exact) mass is 269 g/mol. The molecule has 0 aromatic carbocycles. The Bertz CT molecular complexity index is 549. The smallest absolute Gasteiger partial charge is 0.132 e. The fraction of sp³-hybridized carbons (Fsp3) is 0.400. The molecule has 0 radical (unpaired) electrons. The number of piperazine rings is 1. The minimum atomic E-state index is 0.834. The quantitative estimate of drug-likeness (QED) is 0.845. The van der Waals surface area contributed by atoms with Crippen molar-refractivity contribution in [1.82, 2.24) is 19.9 Å². The van der Waals surface area contributed by atoms with Crippen molar-refractivity contribution in [3.8, 4) is 0 Å². The molecule has 3 rings (SSSR count). The van der Waals surface area contributed by atoms with Crippen molar-refractivity contribution in [2.45, 2.75) is 13.5 Å². The van der Waals surface area contributed by atoms with Gasteiger partial charge in [-0.15, -0.1) is 0 Å². The summed E-state index contributed by atoms with van der Waals surface area (Å²) in [5.74, 6) is 1.87. The Balaban J connectivity index is 1.57. The van der Waals surface area contributed by atoms with Gasteiger partial charge in [-0.05, 0) is 24.6 Å². The molecular weight excluding hydrogens is 250 g/mol. The molecule has 20 heavy (non-hydrogen) atoms. The number of nitrogens with zero attached hydrogens (tertiary/aromatic N) is 5. The predicted molar refractivity (Wildman–Crippen MR) is 78.5 cm³/mol. The number of anilines is 1. The SMILES string of the molecule is Cc1nccc(N2CCN(Cc3cccnc3)CC2)n1. The molecule has 0 amide bonds. The van der Waals surface area contributed by atoms with Gasteiger partial charge in [0, 0.05) is 51.3 Å². The molecule has 1 saturated heterocycles. The van der Waals surface area contributed by atoms with Gasteiger partial charge in [-0.1, -0.05) is 6.07 Å². The van der Waals surface area contributed by atoms with Crippen LogP contribution in [0.25, 0.3) is 0 Å². The summed E-state index contributed by atoms with van der Waals surface area (Å²) >= 11 is 0. The topological polar surface area (TPSA) is 45.2 Å². The molecule has 5 heteroatoms. The number of rotatable bonds is 3. The Hall–Kier alpha value is -2.01. The second-order valence-electron chi connectivity index (χ2n) is 5.09. The van der Waals surface area contributed by atoms with E-state index in [1.807, 2.05) is 37.6 Å². The van der Waals surface area contributed by atoms with Crippen LogP contribution in [0.5, 0.6) is 0 Å². The summed E-state index contributed by atoms with van der Waals surface area (Å²) in [5.41, 5.74) is 1.28. The summed E-state index contributed by atoms with van der Waals surface area (Å²) in [6.07, 6.45) is 5.60. The maximum atomic E-state index is 4.49. The van der Waals surface area contributed by atoms with Crippen LogP contribution >= 0.6 is 0 Å². The standard InChI is InChI=1S/C15H19N5/c1-13-17-6-4-15(18-13)20-9-7-19(8-10-20)12-14-3-2-5-16-11-14/h2-6,11H,7-10,12H2,1H3. The maximum absolute atomic E-state index is 4.49. The minimum absolute atomic E-state index is 0.834. The van der Waals surface area contributed by atoms with E-state index in [1.54, 1.807) is 0 Å². The summed E-state index contributed by atoms with van der Waals surface area (Å²) < 4.78 is 0. The molecule has 104 valence electrons. The molecular formula is C15H19N5. The molecule has 0 bridgehead atoms. The molecule has 0 spiro atoms. The van der Waals surface area contributed by atoms with E-state index in [4.69, 9.17) is 0 Å². The van der Waals surface area contributed by atoms with E-state index in [0.717, 1.165) is 44.4 Å². The van der Waals surface area contributed by atoms with E-state index in [1.165, 1.54) is 5.56 Å². The van der Waals surface area contributed by atoms with E-state index in [0.29, 0.717) is 0 Å². The van der Waals surface area contributed by atoms with Gasteiger partial charge in [-0.2, -0.15) is 0 Å². The summed E-state index contributed by atoms with van der Waals surface area (Å²) in [6.45, 7) is 7.04.